The zero-order chi connectivity index (χ0) is 11.6. The van der Waals surface area contributed by atoms with Gasteiger partial charge in [-0.1, -0.05) is 36.5 Å². The van der Waals surface area contributed by atoms with Gasteiger partial charge in [0.15, 0.2) is 0 Å². The summed E-state index contributed by atoms with van der Waals surface area (Å²) in [6.07, 6.45) is 12.9. The molecule has 4 rings (SSSR count). The molecule has 0 spiro atoms. The maximum atomic E-state index is 12.5. The number of carbonyl (C=O) groups excluding carboxylic acids is 2. The molecule has 2 bridgehead atoms. The molecule has 2 nitrogen and oxygen atoms in total. The number of hydrogen-bond acceptors (Lipinski definition) is 2. The SMILES string of the molecule is O=C1C2C=CC=CC2C(=O)C2C3C=CC(C3)C12. The molecule has 0 aromatic heterocycles. The maximum Gasteiger partial charge on any atom is 0.145 e. The van der Waals surface area contributed by atoms with Crippen LogP contribution >= 0.6 is 0 Å². The molecule has 86 valence electrons. The fourth-order valence-corrected chi connectivity index (χ4v) is 4.19. The monoisotopic (exact) mass is 226 g/mol. The van der Waals surface area contributed by atoms with Crippen molar-refractivity contribution in [2.45, 2.75) is 6.42 Å². The van der Waals surface area contributed by atoms with Crippen LogP contribution in [-0.2, 0) is 9.59 Å². The second-order valence-electron chi connectivity index (χ2n) is 5.63. The van der Waals surface area contributed by atoms with Crippen LogP contribution in [0.5, 0.6) is 0 Å². The summed E-state index contributed by atoms with van der Waals surface area (Å²) >= 11 is 0. The van der Waals surface area contributed by atoms with E-state index in [1.807, 2.05) is 24.3 Å². The first kappa shape index (κ1) is 9.58. The zero-order valence-corrected chi connectivity index (χ0v) is 9.45. The summed E-state index contributed by atoms with van der Waals surface area (Å²) in [7, 11) is 0. The first-order valence-corrected chi connectivity index (χ1v) is 6.38. The van der Waals surface area contributed by atoms with Gasteiger partial charge in [0.25, 0.3) is 0 Å². The van der Waals surface area contributed by atoms with Crippen LogP contribution in [0.2, 0.25) is 0 Å². The molecule has 0 heterocycles. The van der Waals surface area contributed by atoms with Crippen molar-refractivity contribution in [2.75, 3.05) is 0 Å². The Hall–Kier alpha value is -1.44. The minimum atomic E-state index is -0.179. The number of carbonyl (C=O) groups is 2. The van der Waals surface area contributed by atoms with Gasteiger partial charge < -0.3 is 0 Å². The van der Waals surface area contributed by atoms with E-state index in [1.165, 1.54) is 0 Å². The number of hydrogen-bond donors (Lipinski definition) is 0. The Labute approximate surface area is 100 Å². The van der Waals surface area contributed by atoms with Crippen LogP contribution < -0.4 is 0 Å². The molecular weight excluding hydrogens is 212 g/mol. The summed E-state index contributed by atoms with van der Waals surface area (Å²) in [5.41, 5.74) is 0. The van der Waals surface area contributed by atoms with Crippen molar-refractivity contribution >= 4 is 11.6 Å². The summed E-state index contributed by atoms with van der Waals surface area (Å²) < 4.78 is 0. The molecule has 17 heavy (non-hydrogen) atoms. The van der Waals surface area contributed by atoms with E-state index in [0.29, 0.717) is 23.4 Å². The Morgan fingerprint density at radius 2 is 1.24 bits per heavy atom. The minimum Gasteiger partial charge on any atom is -0.299 e. The third-order valence-electron chi connectivity index (χ3n) is 4.91. The largest absolute Gasteiger partial charge is 0.299 e. The number of fused-ring (bicyclic) bond motifs is 6. The van der Waals surface area contributed by atoms with Gasteiger partial charge in [-0.05, 0) is 18.3 Å². The first-order chi connectivity index (χ1) is 8.27. The average molecular weight is 226 g/mol. The highest BCUT2D eigenvalue weighted by molar-refractivity contribution is 6.03. The van der Waals surface area contributed by atoms with E-state index in [9.17, 15) is 9.59 Å². The first-order valence-electron chi connectivity index (χ1n) is 6.38. The van der Waals surface area contributed by atoms with Crippen molar-refractivity contribution in [1.82, 2.24) is 0 Å². The molecule has 0 aromatic rings. The van der Waals surface area contributed by atoms with Crippen LogP contribution in [0.3, 0.4) is 0 Å². The molecular formula is C15H14O2. The molecule has 0 saturated heterocycles. The van der Waals surface area contributed by atoms with Crippen LogP contribution in [-0.4, -0.2) is 11.6 Å². The maximum absolute atomic E-state index is 12.5. The lowest BCUT2D eigenvalue weighted by Crippen LogP contribution is -2.48. The molecule has 6 atom stereocenters. The summed E-state index contributed by atoms with van der Waals surface area (Å²) in [5.74, 6) is 0.880. The van der Waals surface area contributed by atoms with Crippen LogP contribution in [0.25, 0.3) is 0 Å². The van der Waals surface area contributed by atoms with Crippen LogP contribution in [0.15, 0.2) is 36.5 Å². The van der Waals surface area contributed by atoms with E-state index in [2.05, 4.69) is 12.2 Å². The number of rotatable bonds is 0. The normalized spacial score (nSPS) is 49.6. The van der Waals surface area contributed by atoms with Gasteiger partial charge in [-0.3, -0.25) is 9.59 Å². The lowest BCUT2D eigenvalue weighted by Gasteiger charge is -2.38. The van der Waals surface area contributed by atoms with E-state index in [-0.39, 0.29) is 23.7 Å². The van der Waals surface area contributed by atoms with E-state index in [0.717, 1.165) is 6.42 Å². The van der Waals surface area contributed by atoms with Gasteiger partial charge in [0, 0.05) is 23.7 Å². The smallest absolute Gasteiger partial charge is 0.145 e. The minimum absolute atomic E-state index is 0.0186. The molecule has 0 radical (unpaired) electrons. The predicted octanol–water partition coefficient (Wildman–Crippen LogP) is 1.93. The number of allylic oxidation sites excluding steroid dienone is 6. The van der Waals surface area contributed by atoms with E-state index >= 15 is 0 Å². The van der Waals surface area contributed by atoms with Crippen molar-refractivity contribution in [3.8, 4) is 0 Å². The zero-order valence-electron chi connectivity index (χ0n) is 9.45. The molecule has 2 saturated carbocycles. The van der Waals surface area contributed by atoms with Gasteiger partial charge in [-0.15, -0.1) is 0 Å². The van der Waals surface area contributed by atoms with E-state index in [4.69, 9.17) is 0 Å². The lowest BCUT2D eigenvalue weighted by molar-refractivity contribution is -0.144. The van der Waals surface area contributed by atoms with Crippen LogP contribution in [0.1, 0.15) is 6.42 Å². The topological polar surface area (TPSA) is 34.1 Å². The predicted molar refractivity (Wildman–Crippen MR) is 63.0 cm³/mol. The van der Waals surface area contributed by atoms with Gasteiger partial charge in [0.05, 0.1) is 0 Å². The lowest BCUT2D eigenvalue weighted by atomic mass is 9.62. The summed E-state index contributed by atoms with van der Waals surface area (Å²) in [6, 6.07) is 0. The van der Waals surface area contributed by atoms with Gasteiger partial charge >= 0.3 is 0 Å². The molecule has 0 aromatic carbocycles. The van der Waals surface area contributed by atoms with Gasteiger partial charge in [-0.25, -0.2) is 0 Å². The third-order valence-corrected chi connectivity index (χ3v) is 4.91. The highest BCUT2D eigenvalue weighted by Gasteiger charge is 2.57. The Balaban J connectivity index is 1.81. The second-order valence-corrected chi connectivity index (χ2v) is 5.63. The Bertz CT molecular complexity index is 453. The van der Waals surface area contributed by atoms with Crippen molar-refractivity contribution in [3.05, 3.63) is 36.5 Å². The highest BCUT2D eigenvalue weighted by Crippen LogP contribution is 2.54. The summed E-state index contributed by atoms with van der Waals surface area (Å²) in [4.78, 5) is 25.0. The van der Waals surface area contributed by atoms with Crippen molar-refractivity contribution in [2.24, 2.45) is 35.5 Å². The molecule has 6 unspecified atom stereocenters. The number of Topliss-reactive ketones (excluding diaryl/α,β-unsaturated/α-hetero) is 2. The Kier molecular flexibility index (Phi) is 1.73. The quantitative estimate of drug-likeness (QED) is 0.591. The summed E-state index contributed by atoms with van der Waals surface area (Å²) in [6.45, 7) is 0. The third kappa shape index (κ3) is 1.06. The van der Waals surface area contributed by atoms with Gasteiger partial charge in [0.2, 0.25) is 0 Å². The van der Waals surface area contributed by atoms with E-state index < -0.39 is 0 Å². The molecule has 0 amide bonds. The fraction of sp³-hybridized carbons (Fsp3) is 0.467. The number of ketones is 2. The highest BCUT2D eigenvalue weighted by atomic mass is 16.1. The van der Waals surface area contributed by atoms with Crippen molar-refractivity contribution in [1.29, 1.82) is 0 Å². The van der Waals surface area contributed by atoms with Crippen molar-refractivity contribution < 1.29 is 9.59 Å². The van der Waals surface area contributed by atoms with Gasteiger partial charge in [0.1, 0.15) is 11.6 Å². The fourth-order valence-electron chi connectivity index (χ4n) is 4.19. The Morgan fingerprint density at radius 1 is 0.765 bits per heavy atom. The molecule has 4 aliphatic carbocycles. The average Bonchev–Trinajstić information content (AvgIpc) is 2.96. The molecule has 0 aliphatic heterocycles. The van der Waals surface area contributed by atoms with Crippen molar-refractivity contribution in [3.63, 3.8) is 0 Å². The standard InChI is InChI=1S/C15H14O2/c16-14-10-3-1-2-4-11(10)15(17)13-9-6-5-8(7-9)12(13)14/h1-6,8-13H,7H2. The molecule has 0 N–H and O–H groups in total. The molecule has 2 fully saturated rings. The summed E-state index contributed by atoms with van der Waals surface area (Å²) in [5, 5.41) is 0. The molecule has 4 aliphatic rings. The Morgan fingerprint density at radius 3 is 1.71 bits per heavy atom. The van der Waals surface area contributed by atoms with Crippen LogP contribution in [0, 0.1) is 35.5 Å². The molecule has 2 heteroatoms. The van der Waals surface area contributed by atoms with Gasteiger partial charge in [-0.2, -0.15) is 0 Å². The van der Waals surface area contributed by atoms with Crippen LogP contribution in [0.4, 0.5) is 0 Å². The second kappa shape index (κ2) is 3.06. The van der Waals surface area contributed by atoms with E-state index in [1.54, 1.807) is 0 Å².